The second-order valence-corrected chi connectivity index (χ2v) is 8.12. The van der Waals surface area contributed by atoms with Crippen molar-refractivity contribution in [2.75, 3.05) is 18.9 Å². The van der Waals surface area contributed by atoms with Crippen LogP contribution < -0.4 is 5.32 Å². The molecule has 0 saturated carbocycles. The molecule has 170 valence electrons. The Labute approximate surface area is 191 Å². The van der Waals surface area contributed by atoms with E-state index in [1.165, 1.54) is 45.4 Å². The summed E-state index contributed by atoms with van der Waals surface area (Å²) in [7, 11) is 1.58. The van der Waals surface area contributed by atoms with Crippen molar-refractivity contribution in [3.05, 3.63) is 107 Å². The lowest BCUT2D eigenvalue weighted by Gasteiger charge is -2.20. The molecule has 0 spiro atoms. The Hall–Kier alpha value is -3.54. The average molecular weight is 451 g/mol. The molecule has 2 amide bonds. The number of alkyl halides is 3. The largest absolute Gasteiger partial charge is 0.418 e. The van der Waals surface area contributed by atoms with E-state index in [1.807, 2.05) is 24.3 Å². The van der Waals surface area contributed by atoms with Crippen molar-refractivity contribution in [1.29, 1.82) is 0 Å². The summed E-state index contributed by atoms with van der Waals surface area (Å²) in [5, 5.41) is 2.39. The Balaban J connectivity index is 1.50. The smallest absolute Gasteiger partial charge is 0.327 e. The van der Waals surface area contributed by atoms with Gasteiger partial charge in [-0.2, -0.15) is 13.2 Å². The van der Waals surface area contributed by atoms with Crippen LogP contribution in [0.25, 0.3) is 5.57 Å². The van der Waals surface area contributed by atoms with Crippen LogP contribution in [0.1, 0.15) is 34.2 Å². The van der Waals surface area contributed by atoms with E-state index in [-0.39, 0.29) is 5.69 Å². The third-order valence-corrected chi connectivity index (χ3v) is 5.91. The second-order valence-electron chi connectivity index (χ2n) is 8.12. The molecule has 3 nitrogen and oxygen atoms in total. The normalized spacial score (nSPS) is 12.9. The molecule has 0 aliphatic heterocycles. The zero-order chi connectivity index (χ0) is 23.4. The fourth-order valence-corrected chi connectivity index (χ4v) is 4.19. The summed E-state index contributed by atoms with van der Waals surface area (Å²) < 4.78 is 39.6. The van der Waals surface area contributed by atoms with Gasteiger partial charge in [0.1, 0.15) is 0 Å². The SMILES string of the molecule is CN(CCC=C1c2ccccc2CCc2ccccc21)C(=O)Nc1ccccc1C(F)(F)F. The van der Waals surface area contributed by atoms with Gasteiger partial charge in [-0.3, -0.25) is 0 Å². The summed E-state index contributed by atoms with van der Waals surface area (Å²) in [5.74, 6) is 0. The van der Waals surface area contributed by atoms with E-state index in [2.05, 4.69) is 35.7 Å². The number of carbonyl (C=O) groups excluding carboxylic acids is 1. The molecule has 1 aliphatic carbocycles. The zero-order valence-corrected chi connectivity index (χ0v) is 18.3. The van der Waals surface area contributed by atoms with Crippen LogP contribution in [0.5, 0.6) is 0 Å². The maximum atomic E-state index is 13.2. The summed E-state index contributed by atoms with van der Waals surface area (Å²) in [6.07, 6.45) is 0.0866. The van der Waals surface area contributed by atoms with Gasteiger partial charge in [0.2, 0.25) is 0 Å². The van der Waals surface area contributed by atoms with Gasteiger partial charge >= 0.3 is 12.2 Å². The summed E-state index contributed by atoms with van der Waals surface area (Å²) >= 11 is 0. The number of urea groups is 1. The first-order valence-electron chi connectivity index (χ1n) is 10.9. The van der Waals surface area contributed by atoms with Gasteiger partial charge in [0.15, 0.2) is 0 Å². The molecule has 3 aromatic carbocycles. The van der Waals surface area contributed by atoms with Crippen molar-refractivity contribution in [3.8, 4) is 0 Å². The molecule has 0 radical (unpaired) electrons. The van der Waals surface area contributed by atoms with Crippen molar-refractivity contribution in [2.45, 2.75) is 25.4 Å². The molecule has 0 saturated heterocycles. The summed E-state index contributed by atoms with van der Waals surface area (Å²) in [5.41, 5.74) is 4.98. The van der Waals surface area contributed by atoms with Crippen LogP contribution in [0.15, 0.2) is 78.9 Å². The third-order valence-electron chi connectivity index (χ3n) is 5.91. The van der Waals surface area contributed by atoms with Crippen LogP contribution in [0.3, 0.4) is 0 Å². The van der Waals surface area contributed by atoms with E-state index < -0.39 is 17.8 Å². The number of benzene rings is 3. The predicted octanol–water partition coefficient (Wildman–Crippen LogP) is 6.79. The lowest BCUT2D eigenvalue weighted by Crippen LogP contribution is -2.32. The first-order chi connectivity index (χ1) is 15.8. The topological polar surface area (TPSA) is 32.3 Å². The van der Waals surface area contributed by atoms with E-state index in [9.17, 15) is 18.0 Å². The molecule has 0 heterocycles. The highest BCUT2D eigenvalue weighted by molar-refractivity contribution is 5.90. The monoisotopic (exact) mass is 450 g/mol. The van der Waals surface area contributed by atoms with Crippen LogP contribution in [-0.4, -0.2) is 24.5 Å². The average Bonchev–Trinajstić information content (AvgIpc) is 2.96. The van der Waals surface area contributed by atoms with Gasteiger partial charge < -0.3 is 10.2 Å². The number of fused-ring (bicyclic) bond motifs is 2. The van der Waals surface area contributed by atoms with Crippen molar-refractivity contribution >= 4 is 17.3 Å². The van der Waals surface area contributed by atoms with Crippen LogP contribution in [0, 0.1) is 0 Å². The minimum Gasteiger partial charge on any atom is -0.327 e. The molecule has 1 aliphatic rings. The first kappa shape index (κ1) is 22.6. The Morgan fingerprint density at radius 1 is 0.909 bits per heavy atom. The summed E-state index contributed by atoms with van der Waals surface area (Å²) in [6, 6.07) is 21.1. The standard InChI is InChI=1S/C27H25F3N2O/c1-32(26(33)31-25-15-7-6-14-24(25)27(28,29)30)18-8-13-23-21-11-4-2-9-19(21)16-17-20-10-3-5-12-22(20)23/h2-7,9-15H,8,16-18H2,1H3,(H,31,33). The Kier molecular flexibility index (Phi) is 6.54. The number of hydrogen-bond donors (Lipinski definition) is 1. The number of para-hydroxylation sites is 1. The number of carbonyl (C=O) groups is 1. The predicted molar refractivity (Wildman–Crippen MR) is 125 cm³/mol. The number of hydrogen-bond acceptors (Lipinski definition) is 1. The van der Waals surface area contributed by atoms with Crippen molar-refractivity contribution in [1.82, 2.24) is 4.90 Å². The quantitative estimate of drug-likeness (QED) is 0.466. The molecule has 0 fully saturated rings. The fourth-order valence-electron chi connectivity index (χ4n) is 4.19. The number of aryl methyl sites for hydroxylation is 2. The maximum Gasteiger partial charge on any atom is 0.418 e. The fraction of sp³-hybridized carbons (Fsp3) is 0.222. The molecular formula is C27H25F3N2O. The molecule has 1 N–H and O–H groups in total. The van der Waals surface area contributed by atoms with E-state index >= 15 is 0 Å². The van der Waals surface area contributed by atoms with E-state index in [1.54, 1.807) is 7.05 Å². The zero-order valence-electron chi connectivity index (χ0n) is 18.3. The van der Waals surface area contributed by atoms with E-state index in [4.69, 9.17) is 0 Å². The van der Waals surface area contributed by atoms with Gasteiger partial charge in [0.25, 0.3) is 0 Å². The highest BCUT2D eigenvalue weighted by atomic mass is 19.4. The van der Waals surface area contributed by atoms with Gasteiger partial charge in [-0.05, 0) is 59.2 Å². The van der Waals surface area contributed by atoms with Crippen molar-refractivity contribution < 1.29 is 18.0 Å². The number of nitrogens with one attached hydrogen (secondary N) is 1. The first-order valence-corrected chi connectivity index (χ1v) is 10.9. The Bertz CT molecular complexity index is 1130. The van der Waals surface area contributed by atoms with Crippen LogP contribution in [-0.2, 0) is 19.0 Å². The van der Waals surface area contributed by atoms with Gasteiger partial charge in [-0.1, -0.05) is 66.7 Å². The van der Waals surface area contributed by atoms with Gasteiger partial charge in [-0.25, -0.2) is 4.79 Å². The maximum absolute atomic E-state index is 13.2. The highest BCUT2D eigenvalue weighted by Gasteiger charge is 2.33. The molecule has 0 aromatic heterocycles. The number of anilines is 1. The number of rotatable bonds is 4. The lowest BCUT2D eigenvalue weighted by atomic mass is 9.93. The van der Waals surface area contributed by atoms with Crippen LogP contribution in [0.2, 0.25) is 0 Å². The number of nitrogens with zero attached hydrogens (tertiary/aromatic N) is 1. The number of halogens is 3. The molecule has 0 bridgehead atoms. The highest BCUT2D eigenvalue weighted by Crippen LogP contribution is 2.35. The molecule has 6 heteroatoms. The molecule has 0 atom stereocenters. The molecule has 4 rings (SSSR count). The van der Waals surface area contributed by atoms with E-state index in [0.29, 0.717) is 13.0 Å². The summed E-state index contributed by atoms with van der Waals surface area (Å²) in [6.45, 7) is 0.369. The van der Waals surface area contributed by atoms with Crippen molar-refractivity contribution in [3.63, 3.8) is 0 Å². The molecule has 3 aromatic rings. The molecule has 33 heavy (non-hydrogen) atoms. The van der Waals surface area contributed by atoms with E-state index in [0.717, 1.165) is 24.5 Å². The Morgan fingerprint density at radius 3 is 2.06 bits per heavy atom. The van der Waals surface area contributed by atoms with Crippen LogP contribution in [0.4, 0.5) is 23.7 Å². The van der Waals surface area contributed by atoms with Gasteiger partial charge in [-0.15, -0.1) is 0 Å². The minimum absolute atomic E-state index is 0.244. The molecule has 0 unspecified atom stereocenters. The second kappa shape index (κ2) is 9.53. The molecular weight excluding hydrogens is 425 g/mol. The van der Waals surface area contributed by atoms with Gasteiger partial charge in [0, 0.05) is 13.6 Å². The van der Waals surface area contributed by atoms with Gasteiger partial charge in [0.05, 0.1) is 11.3 Å². The summed E-state index contributed by atoms with van der Waals surface area (Å²) in [4.78, 5) is 14.0. The third kappa shape index (κ3) is 5.11. The lowest BCUT2D eigenvalue weighted by molar-refractivity contribution is -0.136. The minimum atomic E-state index is -4.53. The van der Waals surface area contributed by atoms with Crippen molar-refractivity contribution in [2.24, 2.45) is 0 Å². The Morgan fingerprint density at radius 2 is 1.45 bits per heavy atom. The number of amides is 2. The van der Waals surface area contributed by atoms with Crippen LogP contribution >= 0.6 is 0 Å².